The molecule has 3 heteroatoms. The Labute approximate surface area is 123 Å². The van der Waals surface area contributed by atoms with Gasteiger partial charge in [0.25, 0.3) is 0 Å². The number of hydrogen-bond acceptors (Lipinski definition) is 2. The molecule has 4 unspecified atom stereocenters. The van der Waals surface area contributed by atoms with Gasteiger partial charge < -0.3 is 15.0 Å². The zero-order valence-electron chi connectivity index (χ0n) is 11.9. The maximum absolute atomic E-state index is 6.50. The van der Waals surface area contributed by atoms with Gasteiger partial charge in [0.05, 0.1) is 5.69 Å². The van der Waals surface area contributed by atoms with Crippen molar-refractivity contribution in [3.05, 3.63) is 52.8 Å². The largest absolute Gasteiger partial charge is 0.483 e. The molecule has 2 aliphatic carbocycles. The highest BCUT2D eigenvalue weighted by Gasteiger charge is 2.63. The van der Waals surface area contributed by atoms with Crippen molar-refractivity contribution >= 4 is 0 Å². The Hall–Kier alpha value is -1.74. The number of aromatic amines is 1. The van der Waals surface area contributed by atoms with Crippen LogP contribution in [0, 0.1) is 5.92 Å². The molecule has 2 aliphatic heterocycles. The third-order valence-corrected chi connectivity index (χ3v) is 6.39. The molecule has 1 spiro atoms. The summed E-state index contributed by atoms with van der Waals surface area (Å²) in [5.41, 5.74) is 6.05. The van der Waals surface area contributed by atoms with E-state index < -0.39 is 0 Å². The number of aromatic nitrogens is 1. The molecule has 21 heavy (non-hydrogen) atoms. The number of piperidine rings is 1. The number of rotatable bonds is 0. The molecule has 1 saturated heterocycles. The maximum atomic E-state index is 6.50. The molecule has 106 valence electrons. The molecule has 1 aromatic heterocycles. The first kappa shape index (κ1) is 10.9. The number of H-pyrrole nitrogens is 1. The van der Waals surface area contributed by atoms with Crippen LogP contribution in [0.3, 0.4) is 0 Å². The van der Waals surface area contributed by atoms with Gasteiger partial charge in [0.15, 0.2) is 0 Å². The lowest BCUT2D eigenvalue weighted by atomic mass is 9.52. The summed E-state index contributed by atoms with van der Waals surface area (Å²) >= 11 is 0. The zero-order chi connectivity index (χ0) is 13.6. The van der Waals surface area contributed by atoms with E-state index in [1.807, 2.05) is 0 Å². The van der Waals surface area contributed by atoms with Gasteiger partial charge >= 0.3 is 0 Å². The van der Waals surface area contributed by atoms with Gasteiger partial charge in [0, 0.05) is 23.2 Å². The van der Waals surface area contributed by atoms with E-state index in [-0.39, 0.29) is 11.5 Å². The fourth-order valence-corrected chi connectivity index (χ4v) is 5.69. The van der Waals surface area contributed by atoms with Gasteiger partial charge in [-0.05, 0) is 55.0 Å². The van der Waals surface area contributed by atoms with E-state index in [9.17, 15) is 0 Å². The average Bonchev–Trinajstić information content (AvgIpc) is 3.06. The summed E-state index contributed by atoms with van der Waals surface area (Å²) in [7, 11) is 0. The molecule has 0 amide bonds. The third-order valence-electron chi connectivity index (χ3n) is 6.39. The average molecular weight is 278 g/mol. The number of hydrogen-bond donors (Lipinski definition) is 2. The number of fused-ring (bicyclic) bond motifs is 2. The van der Waals surface area contributed by atoms with E-state index in [0.29, 0.717) is 12.0 Å². The SMILES string of the molecule is c1cc2c3c(c1)OC1c4[nH]ccc4CC4C(C2)NCCC314. The second-order valence-electron chi connectivity index (χ2n) is 7.07. The molecular formula is C18H18N2O. The van der Waals surface area contributed by atoms with Crippen LogP contribution in [0.5, 0.6) is 5.75 Å². The van der Waals surface area contributed by atoms with Gasteiger partial charge in [-0.15, -0.1) is 0 Å². The molecule has 2 bridgehead atoms. The minimum absolute atomic E-state index is 0.197. The van der Waals surface area contributed by atoms with Gasteiger partial charge in [0.2, 0.25) is 0 Å². The Morgan fingerprint density at radius 2 is 2.14 bits per heavy atom. The van der Waals surface area contributed by atoms with Crippen LogP contribution in [0.25, 0.3) is 0 Å². The summed E-state index contributed by atoms with van der Waals surface area (Å²) in [4.78, 5) is 3.48. The van der Waals surface area contributed by atoms with E-state index in [1.165, 1.54) is 35.2 Å². The molecule has 4 atom stereocenters. The van der Waals surface area contributed by atoms with E-state index in [1.54, 1.807) is 0 Å². The van der Waals surface area contributed by atoms with Gasteiger partial charge in [-0.3, -0.25) is 0 Å². The van der Waals surface area contributed by atoms with Gasteiger partial charge in [-0.1, -0.05) is 12.1 Å². The Morgan fingerprint density at radius 1 is 1.14 bits per heavy atom. The number of nitrogens with one attached hydrogen (secondary N) is 2. The predicted octanol–water partition coefficient (Wildman–Crippen LogP) is 2.48. The van der Waals surface area contributed by atoms with Crippen molar-refractivity contribution in [2.45, 2.75) is 36.8 Å². The highest BCUT2D eigenvalue weighted by atomic mass is 16.5. The van der Waals surface area contributed by atoms with Crippen LogP contribution in [-0.4, -0.2) is 17.6 Å². The smallest absolute Gasteiger partial charge is 0.149 e. The van der Waals surface area contributed by atoms with Crippen LogP contribution in [0.15, 0.2) is 30.5 Å². The van der Waals surface area contributed by atoms with E-state index in [2.05, 4.69) is 40.8 Å². The number of ether oxygens (including phenoxy) is 1. The molecule has 3 heterocycles. The lowest BCUT2D eigenvalue weighted by molar-refractivity contribution is 0.0263. The molecule has 2 aromatic rings. The molecule has 1 aromatic carbocycles. The molecule has 0 saturated carbocycles. The Balaban J connectivity index is 1.72. The molecule has 6 rings (SSSR count). The maximum Gasteiger partial charge on any atom is 0.149 e. The Kier molecular flexibility index (Phi) is 1.74. The van der Waals surface area contributed by atoms with Crippen molar-refractivity contribution in [1.29, 1.82) is 0 Å². The second kappa shape index (κ2) is 3.36. The fraction of sp³-hybridized carbons (Fsp3) is 0.444. The first-order valence-electron chi connectivity index (χ1n) is 8.06. The van der Waals surface area contributed by atoms with Crippen LogP contribution in [0.4, 0.5) is 0 Å². The first-order chi connectivity index (χ1) is 10.4. The summed E-state index contributed by atoms with van der Waals surface area (Å²) < 4.78 is 6.50. The Bertz CT molecular complexity index is 764. The van der Waals surface area contributed by atoms with E-state index >= 15 is 0 Å². The first-order valence-corrected chi connectivity index (χ1v) is 8.06. The second-order valence-corrected chi connectivity index (χ2v) is 7.07. The topological polar surface area (TPSA) is 37.0 Å². The molecule has 2 N–H and O–H groups in total. The van der Waals surface area contributed by atoms with Gasteiger partial charge in [-0.2, -0.15) is 0 Å². The lowest BCUT2D eigenvalue weighted by Gasteiger charge is -2.54. The van der Waals surface area contributed by atoms with Crippen molar-refractivity contribution in [2.75, 3.05) is 6.54 Å². The normalized spacial score (nSPS) is 37.6. The molecule has 1 fully saturated rings. The summed E-state index contributed by atoms with van der Waals surface area (Å²) in [5, 5.41) is 3.79. The monoisotopic (exact) mass is 278 g/mol. The minimum atomic E-state index is 0.197. The summed E-state index contributed by atoms with van der Waals surface area (Å²) in [6, 6.07) is 9.50. The highest BCUT2D eigenvalue weighted by Crippen LogP contribution is 2.64. The molecule has 3 nitrogen and oxygen atoms in total. The standard InChI is InChI=1S/C18H18N2O/c1-2-10-9-13-12-8-11-4-6-20-16(11)17-18(12,5-7-19-13)15(10)14(3-1)21-17/h1-4,6,12-13,17,19-20H,5,7-9H2. The van der Waals surface area contributed by atoms with Crippen molar-refractivity contribution in [3.63, 3.8) is 0 Å². The van der Waals surface area contributed by atoms with Gasteiger partial charge in [0.1, 0.15) is 11.9 Å². The lowest BCUT2D eigenvalue weighted by Crippen LogP contribution is -2.61. The minimum Gasteiger partial charge on any atom is -0.483 e. The van der Waals surface area contributed by atoms with Crippen LogP contribution in [0.2, 0.25) is 0 Å². The third kappa shape index (κ3) is 1.07. The fourth-order valence-electron chi connectivity index (χ4n) is 5.69. The van der Waals surface area contributed by atoms with Crippen molar-refractivity contribution in [2.24, 2.45) is 5.92 Å². The van der Waals surface area contributed by atoms with Crippen LogP contribution in [0.1, 0.15) is 34.9 Å². The van der Waals surface area contributed by atoms with Crippen LogP contribution >= 0.6 is 0 Å². The molecular weight excluding hydrogens is 260 g/mol. The highest BCUT2D eigenvalue weighted by molar-refractivity contribution is 5.57. The van der Waals surface area contributed by atoms with E-state index in [4.69, 9.17) is 4.74 Å². The Morgan fingerprint density at radius 3 is 3.14 bits per heavy atom. The van der Waals surface area contributed by atoms with Crippen LogP contribution in [-0.2, 0) is 18.3 Å². The van der Waals surface area contributed by atoms with Crippen molar-refractivity contribution in [3.8, 4) is 5.75 Å². The molecule has 4 aliphatic rings. The summed E-state index contributed by atoms with van der Waals surface area (Å²) in [6.07, 6.45) is 5.82. The van der Waals surface area contributed by atoms with Crippen molar-refractivity contribution in [1.82, 2.24) is 10.3 Å². The number of benzene rings is 1. The van der Waals surface area contributed by atoms with Gasteiger partial charge in [-0.25, -0.2) is 0 Å². The quantitative estimate of drug-likeness (QED) is 0.777. The van der Waals surface area contributed by atoms with Crippen LogP contribution < -0.4 is 10.1 Å². The summed E-state index contributed by atoms with van der Waals surface area (Å²) in [5.74, 6) is 1.82. The zero-order valence-corrected chi connectivity index (χ0v) is 11.9. The van der Waals surface area contributed by atoms with E-state index in [0.717, 1.165) is 18.7 Å². The van der Waals surface area contributed by atoms with Crippen molar-refractivity contribution < 1.29 is 4.74 Å². The molecule has 0 radical (unpaired) electrons. The predicted molar refractivity (Wildman–Crippen MR) is 79.6 cm³/mol. The summed E-state index contributed by atoms with van der Waals surface area (Å²) in [6.45, 7) is 1.12.